The molecule has 1 rings (SSSR count). The molecule has 0 unspecified atom stereocenters. The van der Waals surface area contributed by atoms with Crippen LogP contribution in [0, 0.1) is 5.41 Å². The van der Waals surface area contributed by atoms with E-state index >= 15 is 0 Å². The van der Waals surface area contributed by atoms with Crippen molar-refractivity contribution in [3.8, 4) is 17.2 Å². The van der Waals surface area contributed by atoms with Crippen LogP contribution in [0.25, 0.3) is 0 Å². The van der Waals surface area contributed by atoms with Gasteiger partial charge in [0.25, 0.3) is 0 Å². The highest BCUT2D eigenvalue weighted by atomic mass is 16.5. The number of ether oxygens (including phenoxy) is 3. The third-order valence-corrected chi connectivity index (χ3v) is 4.22. The third-order valence-electron chi connectivity index (χ3n) is 4.22. The van der Waals surface area contributed by atoms with Gasteiger partial charge in [-0.15, -0.1) is 0 Å². The quantitative estimate of drug-likeness (QED) is 0.292. The Morgan fingerprint density at radius 1 is 0.778 bits per heavy atom. The minimum Gasteiger partial charge on any atom is -0.490 e. The number of ketones is 1. The first-order valence-electron chi connectivity index (χ1n) is 10.5. The van der Waals surface area contributed by atoms with Gasteiger partial charge in [0.1, 0.15) is 0 Å². The van der Waals surface area contributed by atoms with Gasteiger partial charge in [-0.3, -0.25) is 4.79 Å². The van der Waals surface area contributed by atoms with E-state index in [2.05, 4.69) is 20.8 Å². The van der Waals surface area contributed by atoms with Crippen LogP contribution < -0.4 is 14.2 Å². The molecule has 0 saturated carbocycles. The summed E-state index contributed by atoms with van der Waals surface area (Å²) < 4.78 is 18.0. The molecule has 0 amide bonds. The second-order valence-electron chi connectivity index (χ2n) is 7.99. The number of hydrogen-bond donors (Lipinski definition) is 0. The third kappa shape index (κ3) is 7.82. The molecule has 0 heterocycles. The van der Waals surface area contributed by atoms with E-state index in [0.29, 0.717) is 42.6 Å². The van der Waals surface area contributed by atoms with Gasteiger partial charge < -0.3 is 14.2 Å². The molecular weight excluding hydrogens is 340 g/mol. The van der Waals surface area contributed by atoms with Crippen molar-refractivity contribution in [2.24, 2.45) is 5.41 Å². The molecule has 27 heavy (non-hydrogen) atoms. The minimum atomic E-state index is -0.466. The van der Waals surface area contributed by atoms with Crippen molar-refractivity contribution in [3.63, 3.8) is 0 Å². The first-order valence-corrected chi connectivity index (χ1v) is 10.5. The molecule has 0 aromatic heterocycles. The van der Waals surface area contributed by atoms with E-state index in [4.69, 9.17) is 14.2 Å². The van der Waals surface area contributed by atoms with E-state index in [9.17, 15) is 4.79 Å². The zero-order valence-electron chi connectivity index (χ0n) is 18.2. The number of benzene rings is 1. The number of carbonyl (C=O) groups excluding carboxylic acids is 1. The molecule has 0 saturated heterocycles. The Balaban J connectivity index is 3.27. The smallest absolute Gasteiger partial charge is 0.203 e. The molecule has 0 aliphatic heterocycles. The average molecular weight is 379 g/mol. The summed E-state index contributed by atoms with van der Waals surface area (Å²) in [5.41, 5.74) is 0.148. The van der Waals surface area contributed by atoms with Crippen molar-refractivity contribution >= 4 is 5.78 Å². The molecule has 4 heteroatoms. The van der Waals surface area contributed by atoms with Gasteiger partial charge in [0.2, 0.25) is 5.75 Å². The zero-order chi connectivity index (χ0) is 20.3. The second kappa shape index (κ2) is 11.9. The van der Waals surface area contributed by atoms with Crippen molar-refractivity contribution in [2.45, 2.75) is 80.1 Å². The minimum absolute atomic E-state index is 0.0725. The molecule has 1 aromatic carbocycles. The summed E-state index contributed by atoms with van der Waals surface area (Å²) in [4.78, 5) is 12.9. The number of carbonyl (C=O) groups is 1. The van der Waals surface area contributed by atoms with E-state index in [0.717, 1.165) is 38.5 Å². The topological polar surface area (TPSA) is 44.8 Å². The van der Waals surface area contributed by atoms with Crippen LogP contribution in [0.4, 0.5) is 0 Å². The Labute approximate surface area is 165 Å². The summed E-state index contributed by atoms with van der Waals surface area (Å²) >= 11 is 0. The molecule has 0 aliphatic carbocycles. The van der Waals surface area contributed by atoms with Crippen LogP contribution in [0.15, 0.2) is 12.1 Å². The first kappa shape index (κ1) is 23.3. The maximum Gasteiger partial charge on any atom is 0.203 e. The van der Waals surface area contributed by atoms with Gasteiger partial charge >= 0.3 is 0 Å². The Morgan fingerprint density at radius 3 is 1.56 bits per heavy atom. The molecule has 4 nitrogen and oxygen atoms in total. The zero-order valence-corrected chi connectivity index (χ0v) is 18.2. The summed E-state index contributed by atoms with van der Waals surface area (Å²) in [7, 11) is 0. The summed E-state index contributed by atoms with van der Waals surface area (Å²) in [6.45, 7) is 14.0. The predicted molar refractivity (Wildman–Crippen MR) is 111 cm³/mol. The Kier molecular flexibility index (Phi) is 10.3. The van der Waals surface area contributed by atoms with Crippen LogP contribution >= 0.6 is 0 Å². The highest BCUT2D eigenvalue weighted by Gasteiger charge is 2.26. The van der Waals surface area contributed by atoms with Gasteiger partial charge in [0.15, 0.2) is 17.3 Å². The van der Waals surface area contributed by atoms with Crippen LogP contribution in [0.5, 0.6) is 17.2 Å². The van der Waals surface area contributed by atoms with Gasteiger partial charge in [0.05, 0.1) is 19.8 Å². The number of unbranched alkanes of at least 4 members (excludes halogenated alkanes) is 3. The molecule has 0 spiro atoms. The SMILES string of the molecule is CCCCOc1cc(C(=O)C(C)(C)C)cc(OCCCC)c1OCCCC. The molecule has 1 aromatic rings. The summed E-state index contributed by atoms with van der Waals surface area (Å²) in [5.74, 6) is 1.92. The highest BCUT2D eigenvalue weighted by Crippen LogP contribution is 2.40. The van der Waals surface area contributed by atoms with Crippen molar-refractivity contribution in [3.05, 3.63) is 17.7 Å². The first-order chi connectivity index (χ1) is 12.8. The lowest BCUT2D eigenvalue weighted by Crippen LogP contribution is -2.20. The van der Waals surface area contributed by atoms with Crippen molar-refractivity contribution in [2.75, 3.05) is 19.8 Å². The molecule has 0 bridgehead atoms. The molecule has 0 fully saturated rings. The fourth-order valence-electron chi connectivity index (χ4n) is 2.47. The monoisotopic (exact) mass is 378 g/mol. The van der Waals surface area contributed by atoms with E-state index < -0.39 is 5.41 Å². The van der Waals surface area contributed by atoms with Gasteiger partial charge in [-0.1, -0.05) is 60.8 Å². The van der Waals surface area contributed by atoms with Crippen molar-refractivity contribution in [1.29, 1.82) is 0 Å². The Bertz CT molecular complexity index is 541. The summed E-state index contributed by atoms with van der Waals surface area (Å²) in [6, 6.07) is 3.63. The molecule has 0 aliphatic rings. The number of hydrogen-bond acceptors (Lipinski definition) is 4. The van der Waals surface area contributed by atoms with Crippen molar-refractivity contribution in [1.82, 2.24) is 0 Å². The number of rotatable bonds is 13. The maximum absolute atomic E-state index is 12.9. The van der Waals surface area contributed by atoms with Crippen LogP contribution in [0.3, 0.4) is 0 Å². The lowest BCUT2D eigenvalue weighted by atomic mass is 9.86. The maximum atomic E-state index is 12.9. The normalized spacial score (nSPS) is 11.3. The largest absolute Gasteiger partial charge is 0.490 e. The van der Waals surface area contributed by atoms with Gasteiger partial charge in [-0.05, 0) is 31.4 Å². The van der Waals surface area contributed by atoms with Crippen LogP contribution in [-0.4, -0.2) is 25.6 Å². The molecule has 0 N–H and O–H groups in total. The lowest BCUT2D eigenvalue weighted by Gasteiger charge is -2.21. The average Bonchev–Trinajstić information content (AvgIpc) is 2.62. The van der Waals surface area contributed by atoms with E-state index in [1.54, 1.807) is 0 Å². The Morgan fingerprint density at radius 2 is 1.19 bits per heavy atom. The summed E-state index contributed by atoms with van der Waals surface area (Å²) in [5, 5.41) is 0. The molecule has 0 radical (unpaired) electrons. The van der Waals surface area contributed by atoms with Crippen LogP contribution in [-0.2, 0) is 0 Å². The Hall–Kier alpha value is -1.71. The summed E-state index contributed by atoms with van der Waals surface area (Å²) in [6.07, 6.45) is 6.03. The predicted octanol–water partition coefficient (Wildman–Crippen LogP) is 6.45. The van der Waals surface area contributed by atoms with Gasteiger partial charge in [0, 0.05) is 11.0 Å². The van der Waals surface area contributed by atoms with Gasteiger partial charge in [-0.2, -0.15) is 0 Å². The van der Waals surface area contributed by atoms with Crippen LogP contribution in [0.1, 0.15) is 90.4 Å². The highest BCUT2D eigenvalue weighted by molar-refractivity contribution is 6.00. The lowest BCUT2D eigenvalue weighted by molar-refractivity contribution is 0.0857. The fourth-order valence-corrected chi connectivity index (χ4v) is 2.47. The fraction of sp³-hybridized carbons (Fsp3) is 0.696. The van der Waals surface area contributed by atoms with E-state index in [1.807, 2.05) is 32.9 Å². The number of Topliss-reactive ketones (excluding diaryl/α,β-unsaturated/α-hetero) is 1. The van der Waals surface area contributed by atoms with Crippen molar-refractivity contribution < 1.29 is 19.0 Å². The standard InChI is InChI=1S/C23H38O4/c1-7-10-13-25-19-16-18(22(24)23(4,5)6)17-20(26-14-11-8-2)21(19)27-15-12-9-3/h16-17H,7-15H2,1-6H3. The second-order valence-corrected chi connectivity index (χ2v) is 7.99. The van der Waals surface area contributed by atoms with Crippen LogP contribution in [0.2, 0.25) is 0 Å². The van der Waals surface area contributed by atoms with E-state index in [1.165, 1.54) is 0 Å². The van der Waals surface area contributed by atoms with Gasteiger partial charge in [-0.25, -0.2) is 0 Å². The molecular formula is C23H38O4. The van der Waals surface area contributed by atoms with E-state index in [-0.39, 0.29) is 5.78 Å². The molecule has 154 valence electrons. The molecule has 0 atom stereocenters.